The zero-order valence-electron chi connectivity index (χ0n) is 9.16. The molecule has 0 aromatic carbocycles. The molecule has 3 N–H and O–H groups in total. The molecule has 86 valence electrons. The van der Waals surface area contributed by atoms with Gasteiger partial charge in [-0.3, -0.25) is 5.41 Å². The number of likely N-dealkylation sites (tertiary alicyclic amines) is 1. The topological polar surface area (TPSA) is 79.4 Å². The van der Waals surface area contributed by atoms with Crippen molar-refractivity contribution in [1.29, 1.82) is 5.41 Å². The normalized spacial score (nSPS) is 17.5. The summed E-state index contributed by atoms with van der Waals surface area (Å²) in [6.45, 7) is 3.67. The van der Waals surface area contributed by atoms with Gasteiger partial charge in [-0.2, -0.15) is 0 Å². The second-order valence-electron chi connectivity index (χ2n) is 3.86. The van der Waals surface area contributed by atoms with Crippen LogP contribution in [0.1, 0.15) is 26.2 Å². The standard InChI is InChI=1S/C10H19N3O2/c1-2-15-10(14)13-5-3-8(4-6-13)7-9(11)12/h8H,2-7H2,1H3,(H3,11,12). The third-order valence-electron chi connectivity index (χ3n) is 2.65. The summed E-state index contributed by atoms with van der Waals surface area (Å²) in [6, 6.07) is 0. The number of hydrogen-bond acceptors (Lipinski definition) is 3. The van der Waals surface area contributed by atoms with E-state index in [0.29, 0.717) is 18.9 Å². The Balaban J connectivity index is 2.29. The first-order valence-electron chi connectivity index (χ1n) is 5.38. The van der Waals surface area contributed by atoms with E-state index in [2.05, 4.69) is 0 Å². The van der Waals surface area contributed by atoms with Crippen LogP contribution in [-0.2, 0) is 4.74 Å². The van der Waals surface area contributed by atoms with Crippen molar-refractivity contribution in [2.75, 3.05) is 19.7 Å². The minimum absolute atomic E-state index is 0.223. The molecule has 5 heteroatoms. The third-order valence-corrected chi connectivity index (χ3v) is 2.65. The molecule has 5 nitrogen and oxygen atoms in total. The molecule has 15 heavy (non-hydrogen) atoms. The van der Waals surface area contributed by atoms with Gasteiger partial charge in [-0.1, -0.05) is 0 Å². The molecular formula is C10H19N3O2. The van der Waals surface area contributed by atoms with Crippen molar-refractivity contribution in [3.63, 3.8) is 0 Å². The number of carbonyl (C=O) groups is 1. The van der Waals surface area contributed by atoms with E-state index in [-0.39, 0.29) is 11.9 Å². The monoisotopic (exact) mass is 213 g/mol. The molecule has 1 fully saturated rings. The number of nitrogens with one attached hydrogen (secondary N) is 1. The second-order valence-corrected chi connectivity index (χ2v) is 3.86. The quantitative estimate of drug-likeness (QED) is 0.545. The highest BCUT2D eigenvalue weighted by atomic mass is 16.6. The van der Waals surface area contributed by atoms with Gasteiger partial charge in [-0.25, -0.2) is 4.79 Å². The van der Waals surface area contributed by atoms with Crippen LogP contribution in [0, 0.1) is 11.3 Å². The molecule has 1 amide bonds. The zero-order chi connectivity index (χ0) is 11.3. The number of hydrogen-bond donors (Lipinski definition) is 2. The molecule has 1 rings (SSSR count). The van der Waals surface area contributed by atoms with Crippen molar-refractivity contribution in [2.45, 2.75) is 26.2 Å². The Morgan fingerprint density at radius 3 is 2.60 bits per heavy atom. The van der Waals surface area contributed by atoms with Gasteiger partial charge in [0.25, 0.3) is 0 Å². The molecule has 1 saturated heterocycles. The van der Waals surface area contributed by atoms with Crippen molar-refractivity contribution in [3.8, 4) is 0 Å². The van der Waals surface area contributed by atoms with Gasteiger partial charge < -0.3 is 15.4 Å². The molecule has 0 bridgehead atoms. The van der Waals surface area contributed by atoms with E-state index in [9.17, 15) is 4.79 Å². The predicted octanol–water partition coefficient (Wildman–Crippen LogP) is 1.18. The summed E-state index contributed by atoms with van der Waals surface area (Å²) in [5, 5.41) is 7.20. The maximum absolute atomic E-state index is 11.4. The summed E-state index contributed by atoms with van der Waals surface area (Å²) in [7, 11) is 0. The van der Waals surface area contributed by atoms with E-state index >= 15 is 0 Å². The summed E-state index contributed by atoms with van der Waals surface area (Å²) in [6.07, 6.45) is 2.26. The highest BCUT2D eigenvalue weighted by Crippen LogP contribution is 2.20. The number of nitrogens with zero attached hydrogens (tertiary/aromatic N) is 1. The Bertz CT molecular complexity index is 235. The molecular weight excluding hydrogens is 194 g/mol. The molecule has 0 radical (unpaired) electrons. The molecule has 0 aromatic rings. The first kappa shape index (κ1) is 11.8. The number of piperidine rings is 1. The van der Waals surface area contributed by atoms with Crippen LogP contribution in [0.4, 0.5) is 4.79 Å². The summed E-state index contributed by atoms with van der Waals surface area (Å²) in [5.41, 5.74) is 5.34. The largest absolute Gasteiger partial charge is 0.450 e. The summed E-state index contributed by atoms with van der Waals surface area (Å²) >= 11 is 0. The van der Waals surface area contributed by atoms with Gasteiger partial charge in [0.1, 0.15) is 0 Å². The van der Waals surface area contributed by atoms with Crippen molar-refractivity contribution in [1.82, 2.24) is 4.90 Å². The fourth-order valence-corrected chi connectivity index (χ4v) is 1.85. The first-order chi connectivity index (χ1) is 7.13. The Morgan fingerprint density at radius 1 is 1.53 bits per heavy atom. The van der Waals surface area contributed by atoms with Crippen LogP contribution in [0.5, 0.6) is 0 Å². The second kappa shape index (κ2) is 5.58. The molecule has 1 heterocycles. The van der Waals surface area contributed by atoms with Crippen LogP contribution in [0.15, 0.2) is 0 Å². The number of rotatable bonds is 3. The van der Waals surface area contributed by atoms with E-state index in [4.69, 9.17) is 15.9 Å². The Hall–Kier alpha value is -1.26. The molecule has 0 spiro atoms. The van der Waals surface area contributed by atoms with Crippen LogP contribution >= 0.6 is 0 Å². The van der Waals surface area contributed by atoms with Gasteiger partial charge in [-0.05, 0) is 25.7 Å². The van der Waals surface area contributed by atoms with Crippen molar-refractivity contribution < 1.29 is 9.53 Å². The molecule has 0 aliphatic carbocycles. The van der Waals surface area contributed by atoms with Crippen LogP contribution in [0.3, 0.4) is 0 Å². The number of carbonyl (C=O) groups excluding carboxylic acids is 1. The smallest absolute Gasteiger partial charge is 0.409 e. The van der Waals surface area contributed by atoms with E-state index in [1.165, 1.54) is 0 Å². The van der Waals surface area contributed by atoms with Crippen molar-refractivity contribution >= 4 is 11.9 Å². The molecule has 1 aliphatic heterocycles. The minimum Gasteiger partial charge on any atom is -0.450 e. The molecule has 0 saturated carbocycles. The van der Waals surface area contributed by atoms with Gasteiger partial charge in [0.2, 0.25) is 0 Å². The summed E-state index contributed by atoms with van der Waals surface area (Å²) in [5.74, 6) is 0.692. The van der Waals surface area contributed by atoms with Crippen molar-refractivity contribution in [2.24, 2.45) is 11.7 Å². The minimum atomic E-state index is -0.223. The Kier molecular flexibility index (Phi) is 4.39. The number of amidine groups is 1. The maximum atomic E-state index is 11.4. The van der Waals surface area contributed by atoms with Gasteiger partial charge in [0.15, 0.2) is 0 Å². The Morgan fingerprint density at radius 2 is 2.13 bits per heavy atom. The number of nitrogens with two attached hydrogens (primary N) is 1. The lowest BCUT2D eigenvalue weighted by Crippen LogP contribution is -2.39. The zero-order valence-corrected chi connectivity index (χ0v) is 9.16. The number of amides is 1. The van der Waals surface area contributed by atoms with Gasteiger partial charge in [0.05, 0.1) is 12.4 Å². The molecule has 0 aromatic heterocycles. The van der Waals surface area contributed by atoms with E-state index < -0.39 is 0 Å². The van der Waals surface area contributed by atoms with Crippen LogP contribution in [0.2, 0.25) is 0 Å². The van der Waals surface area contributed by atoms with Gasteiger partial charge in [-0.15, -0.1) is 0 Å². The van der Waals surface area contributed by atoms with Gasteiger partial charge >= 0.3 is 6.09 Å². The summed E-state index contributed by atoms with van der Waals surface area (Å²) < 4.78 is 4.92. The summed E-state index contributed by atoms with van der Waals surface area (Å²) in [4.78, 5) is 13.1. The SMILES string of the molecule is CCOC(=O)N1CCC(CC(=N)N)CC1. The Labute approximate surface area is 90.1 Å². The lowest BCUT2D eigenvalue weighted by Gasteiger charge is -2.30. The fourth-order valence-electron chi connectivity index (χ4n) is 1.85. The van der Waals surface area contributed by atoms with Gasteiger partial charge in [0, 0.05) is 19.5 Å². The average molecular weight is 213 g/mol. The lowest BCUT2D eigenvalue weighted by atomic mass is 9.93. The van der Waals surface area contributed by atoms with E-state index in [1.807, 2.05) is 0 Å². The van der Waals surface area contributed by atoms with E-state index in [1.54, 1.807) is 11.8 Å². The highest BCUT2D eigenvalue weighted by molar-refractivity contribution is 5.77. The van der Waals surface area contributed by atoms with Crippen LogP contribution in [0.25, 0.3) is 0 Å². The highest BCUT2D eigenvalue weighted by Gasteiger charge is 2.23. The fraction of sp³-hybridized carbons (Fsp3) is 0.800. The van der Waals surface area contributed by atoms with E-state index in [0.717, 1.165) is 25.9 Å². The molecule has 0 unspecified atom stereocenters. The van der Waals surface area contributed by atoms with Crippen LogP contribution < -0.4 is 5.73 Å². The van der Waals surface area contributed by atoms with Crippen LogP contribution in [-0.4, -0.2) is 36.5 Å². The molecule has 1 aliphatic rings. The van der Waals surface area contributed by atoms with Crippen molar-refractivity contribution in [3.05, 3.63) is 0 Å². The lowest BCUT2D eigenvalue weighted by molar-refractivity contribution is 0.0924. The molecule has 0 atom stereocenters. The maximum Gasteiger partial charge on any atom is 0.409 e. The average Bonchev–Trinajstić information content (AvgIpc) is 2.18. The number of ether oxygens (including phenoxy) is 1. The predicted molar refractivity (Wildman–Crippen MR) is 57.9 cm³/mol. The third kappa shape index (κ3) is 3.77. The first-order valence-corrected chi connectivity index (χ1v) is 5.38.